The van der Waals surface area contributed by atoms with E-state index in [4.69, 9.17) is 14.7 Å². The van der Waals surface area contributed by atoms with E-state index in [0.29, 0.717) is 0 Å². The van der Waals surface area contributed by atoms with Gasteiger partial charge in [0, 0.05) is 22.3 Å². The van der Waals surface area contributed by atoms with Gasteiger partial charge in [0.25, 0.3) is 0 Å². The molecule has 282 valence electrons. The number of benzene rings is 9. The molecule has 0 amide bonds. The average Bonchev–Trinajstić information content (AvgIpc) is 3.62. The molecule has 9 aromatic rings. The third-order valence-corrected chi connectivity index (χ3v) is 12.4. The first-order chi connectivity index (χ1) is 29.7. The second-order valence-electron chi connectivity index (χ2n) is 15.7. The first-order valence-corrected chi connectivity index (χ1v) is 20.5. The summed E-state index contributed by atoms with van der Waals surface area (Å²) < 4.78 is 6.59. The minimum atomic E-state index is -0.535. The SMILES string of the molecule is c1ccc(-c2ccc(C3N=C(c4cccc(-c5cccc6c5-c5ccccc5C65c6ccccc6Oc6ccccc65)c4)NC(c4cccc5ccccc45)=N3)cc2)cc1. The summed E-state index contributed by atoms with van der Waals surface area (Å²) in [4.78, 5) is 10.6. The molecule has 60 heavy (non-hydrogen) atoms. The number of hydrogen-bond donors (Lipinski definition) is 1. The van der Waals surface area contributed by atoms with E-state index in [1.54, 1.807) is 0 Å². The van der Waals surface area contributed by atoms with E-state index in [0.717, 1.165) is 67.5 Å². The minimum absolute atomic E-state index is 0.440. The van der Waals surface area contributed by atoms with Gasteiger partial charge in [0.2, 0.25) is 0 Å². The first-order valence-electron chi connectivity index (χ1n) is 20.5. The van der Waals surface area contributed by atoms with Gasteiger partial charge in [-0.2, -0.15) is 0 Å². The molecule has 0 radical (unpaired) electrons. The van der Waals surface area contributed by atoms with Gasteiger partial charge >= 0.3 is 0 Å². The Morgan fingerprint density at radius 3 is 1.77 bits per heavy atom. The van der Waals surface area contributed by atoms with Crippen molar-refractivity contribution in [1.29, 1.82) is 0 Å². The van der Waals surface area contributed by atoms with E-state index in [1.807, 2.05) is 6.07 Å². The van der Waals surface area contributed by atoms with Crippen LogP contribution in [0.1, 0.15) is 45.1 Å². The summed E-state index contributed by atoms with van der Waals surface area (Å²) in [5.74, 6) is 3.36. The number of fused-ring (bicyclic) bond motifs is 10. The molecule has 2 heterocycles. The zero-order valence-electron chi connectivity index (χ0n) is 32.6. The maximum absolute atomic E-state index is 6.59. The highest BCUT2D eigenvalue weighted by molar-refractivity contribution is 6.20. The van der Waals surface area contributed by atoms with Gasteiger partial charge in [-0.25, -0.2) is 9.98 Å². The van der Waals surface area contributed by atoms with Crippen LogP contribution in [0.5, 0.6) is 11.5 Å². The van der Waals surface area contributed by atoms with Gasteiger partial charge in [0.05, 0.1) is 5.41 Å². The predicted octanol–water partition coefficient (Wildman–Crippen LogP) is 13.1. The highest BCUT2D eigenvalue weighted by Gasteiger charge is 2.51. The van der Waals surface area contributed by atoms with Crippen LogP contribution >= 0.6 is 0 Å². The van der Waals surface area contributed by atoms with Gasteiger partial charge in [-0.1, -0.05) is 194 Å². The molecule has 0 aromatic heterocycles. The van der Waals surface area contributed by atoms with Crippen molar-refractivity contribution in [2.24, 2.45) is 9.98 Å². The number of rotatable bonds is 5. The molecule has 3 aliphatic rings. The van der Waals surface area contributed by atoms with Crippen LogP contribution in [0.4, 0.5) is 0 Å². The number of aliphatic imine (C=N–C) groups is 2. The van der Waals surface area contributed by atoms with Gasteiger partial charge in [0.15, 0.2) is 6.17 Å². The molecule has 2 aliphatic heterocycles. The van der Waals surface area contributed by atoms with Crippen LogP contribution < -0.4 is 10.1 Å². The Labute approximate surface area is 348 Å². The fourth-order valence-electron chi connectivity index (χ4n) is 9.77. The molecule has 1 N–H and O–H groups in total. The number of nitrogens with one attached hydrogen (secondary N) is 1. The van der Waals surface area contributed by atoms with Crippen LogP contribution in [0.15, 0.2) is 222 Å². The standard InChI is InChI=1S/C56H37N3O/c1-2-15-36(16-3-1)37-31-33-39(34-32-37)53-57-54(59-55(58-53)44-24-13-18-38-17-4-5-21-42(38)44)41-20-12-19-40(35-41)43-23-14-28-49-52(43)45-22-6-7-25-46(45)56(49)47-26-8-10-29-50(47)60-51-30-11-9-27-48(51)56/h1-35,53H,(H,57,58,59). The molecular weight excluding hydrogens is 731 g/mol. The molecule has 1 aliphatic carbocycles. The Kier molecular flexibility index (Phi) is 7.79. The Balaban J connectivity index is 1.01. The van der Waals surface area contributed by atoms with E-state index in [2.05, 4.69) is 212 Å². The smallest absolute Gasteiger partial charge is 0.169 e. The van der Waals surface area contributed by atoms with Crippen LogP contribution in [0.3, 0.4) is 0 Å². The third-order valence-electron chi connectivity index (χ3n) is 12.4. The molecule has 12 rings (SSSR count). The van der Waals surface area contributed by atoms with Crippen molar-refractivity contribution in [2.45, 2.75) is 11.6 Å². The average molecular weight is 768 g/mol. The Hall–Kier alpha value is -7.82. The number of hydrogen-bond acceptors (Lipinski definition) is 4. The van der Waals surface area contributed by atoms with Crippen molar-refractivity contribution in [3.05, 3.63) is 251 Å². The van der Waals surface area contributed by atoms with E-state index in [-0.39, 0.29) is 0 Å². The van der Waals surface area contributed by atoms with Gasteiger partial charge in [-0.3, -0.25) is 0 Å². The van der Waals surface area contributed by atoms with Gasteiger partial charge in [-0.05, 0) is 79.0 Å². The summed E-state index contributed by atoms with van der Waals surface area (Å²) in [6, 6.07) is 75.6. The predicted molar refractivity (Wildman–Crippen MR) is 244 cm³/mol. The highest BCUT2D eigenvalue weighted by atomic mass is 16.5. The molecule has 0 bridgehead atoms. The Morgan fingerprint density at radius 2 is 0.950 bits per heavy atom. The van der Waals surface area contributed by atoms with Crippen LogP contribution in [-0.2, 0) is 5.41 Å². The molecular formula is C56H37N3O. The van der Waals surface area contributed by atoms with E-state index in [1.165, 1.54) is 38.8 Å². The van der Waals surface area contributed by atoms with Crippen molar-refractivity contribution < 1.29 is 4.74 Å². The number of nitrogens with zero attached hydrogens (tertiary/aromatic N) is 2. The Morgan fingerprint density at radius 1 is 0.400 bits per heavy atom. The van der Waals surface area contributed by atoms with Crippen molar-refractivity contribution in [2.75, 3.05) is 0 Å². The Bertz CT molecular complexity index is 3170. The molecule has 0 saturated heterocycles. The van der Waals surface area contributed by atoms with Crippen molar-refractivity contribution in [3.8, 4) is 44.9 Å². The summed E-state index contributed by atoms with van der Waals surface area (Å²) >= 11 is 0. The number of ether oxygens (including phenoxy) is 1. The maximum atomic E-state index is 6.59. The van der Waals surface area contributed by atoms with Crippen LogP contribution in [0.25, 0.3) is 44.2 Å². The summed E-state index contributed by atoms with van der Waals surface area (Å²) in [6.07, 6.45) is -0.440. The maximum Gasteiger partial charge on any atom is 0.169 e. The zero-order chi connectivity index (χ0) is 39.6. The number of para-hydroxylation sites is 2. The fraction of sp³-hybridized carbons (Fsp3) is 0.0357. The van der Waals surface area contributed by atoms with Crippen molar-refractivity contribution in [3.63, 3.8) is 0 Å². The fourth-order valence-corrected chi connectivity index (χ4v) is 9.77. The molecule has 0 saturated carbocycles. The summed E-state index contributed by atoms with van der Waals surface area (Å²) in [6.45, 7) is 0. The molecule has 1 unspecified atom stereocenters. The summed E-state index contributed by atoms with van der Waals surface area (Å²) in [5, 5.41) is 6.02. The molecule has 4 nitrogen and oxygen atoms in total. The zero-order valence-corrected chi connectivity index (χ0v) is 32.6. The van der Waals surface area contributed by atoms with E-state index < -0.39 is 11.6 Å². The molecule has 0 fully saturated rings. The van der Waals surface area contributed by atoms with Gasteiger partial charge < -0.3 is 10.1 Å². The monoisotopic (exact) mass is 767 g/mol. The van der Waals surface area contributed by atoms with Crippen LogP contribution in [0, 0.1) is 0 Å². The molecule has 1 spiro atoms. The van der Waals surface area contributed by atoms with Crippen molar-refractivity contribution in [1.82, 2.24) is 5.32 Å². The third kappa shape index (κ3) is 5.24. The summed E-state index contributed by atoms with van der Waals surface area (Å²) in [7, 11) is 0. The number of amidine groups is 2. The first kappa shape index (κ1) is 34.2. The van der Waals surface area contributed by atoms with Crippen LogP contribution in [-0.4, -0.2) is 11.7 Å². The second-order valence-corrected chi connectivity index (χ2v) is 15.7. The topological polar surface area (TPSA) is 46.0 Å². The lowest BCUT2D eigenvalue weighted by molar-refractivity contribution is 0.436. The van der Waals surface area contributed by atoms with Crippen molar-refractivity contribution >= 4 is 22.4 Å². The van der Waals surface area contributed by atoms with E-state index in [9.17, 15) is 0 Å². The lowest BCUT2D eigenvalue weighted by Gasteiger charge is -2.39. The quantitative estimate of drug-likeness (QED) is 0.190. The van der Waals surface area contributed by atoms with Gasteiger partial charge in [0.1, 0.15) is 23.2 Å². The largest absolute Gasteiger partial charge is 0.457 e. The summed E-state index contributed by atoms with van der Waals surface area (Å²) in [5.41, 5.74) is 14.5. The molecule has 4 heteroatoms. The lowest BCUT2D eigenvalue weighted by Crippen LogP contribution is -2.36. The normalized spacial score (nSPS) is 15.4. The molecule has 1 atom stereocenters. The van der Waals surface area contributed by atoms with Gasteiger partial charge in [-0.15, -0.1) is 0 Å². The van der Waals surface area contributed by atoms with Crippen LogP contribution in [0.2, 0.25) is 0 Å². The minimum Gasteiger partial charge on any atom is -0.457 e. The highest BCUT2D eigenvalue weighted by Crippen LogP contribution is 2.63. The molecule has 9 aromatic carbocycles. The van der Waals surface area contributed by atoms with E-state index >= 15 is 0 Å². The lowest BCUT2D eigenvalue weighted by atomic mass is 9.66. The second kappa shape index (κ2) is 13.6.